The van der Waals surface area contributed by atoms with Crippen LogP contribution in [0.4, 0.5) is 5.69 Å². The molecule has 0 atom stereocenters. The molecule has 1 aliphatic carbocycles. The highest BCUT2D eigenvalue weighted by molar-refractivity contribution is 5.46. The minimum Gasteiger partial charge on any atom is -0.369 e. The maximum absolute atomic E-state index is 2.68. The summed E-state index contributed by atoms with van der Waals surface area (Å²) in [6.07, 6.45) is 7.41. The van der Waals surface area contributed by atoms with E-state index in [-0.39, 0.29) is 0 Å². The molecule has 0 unspecified atom stereocenters. The summed E-state index contributed by atoms with van der Waals surface area (Å²) < 4.78 is 0. The molecule has 2 heterocycles. The van der Waals surface area contributed by atoms with Crippen LogP contribution in [-0.4, -0.2) is 55.7 Å². The number of hydrogen-bond acceptors (Lipinski definition) is 3. The van der Waals surface area contributed by atoms with Crippen molar-refractivity contribution in [3.05, 3.63) is 30.3 Å². The summed E-state index contributed by atoms with van der Waals surface area (Å²) in [5.41, 5.74) is 2.11. The maximum atomic E-state index is 2.68. The normalized spacial score (nSPS) is 26.1. The molecule has 22 heavy (non-hydrogen) atoms. The Morgan fingerprint density at radius 1 is 0.773 bits per heavy atom. The minimum absolute atomic E-state index is 0.726. The van der Waals surface area contributed by atoms with E-state index >= 15 is 0 Å². The van der Waals surface area contributed by atoms with Crippen molar-refractivity contribution in [2.24, 2.45) is 5.41 Å². The van der Waals surface area contributed by atoms with Gasteiger partial charge in [-0.2, -0.15) is 0 Å². The highest BCUT2D eigenvalue weighted by atomic mass is 15.4. The van der Waals surface area contributed by atoms with Gasteiger partial charge in [0.2, 0.25) is 0 Å². The first-order valence-corrected chi connectivity index (χ1v) is 9.08. The maximum Gasteiger partial charge on any atom is 0.0508 e. The monoisotopic (exact) mass is 299 g/mol. The van der Waals surface area contributed by atoms with Crippen LogP contribution in [0.15, 0.2) is 30.3 Å². The predicted octanol–water partition coefficient (Wildman–Crippen LogP) is 3.03. The summed E-state index contributed by atoms with van der Waals surface area (Å²) in [5.74, 6) is 0. The molecule has 0 radical (unpaired) electrons. The lowest BCUT2D eigenvalue weighted by Crippen LogP contribution is -2.61. The van der Waals surface area contributed by atoms with Gasteiger partial charge in [0.05, 0.1) is 6.67 Å². The van der Waals surface area contributed by atoms with Crippen LogP contribution in [0.25, 0.3) is 0 Å². The summed E-state index contributed by atoms with van der Waals surface area (Å²) in [7, 11) is 0. The van der Waals surface area contributed by atoms with E-state index in [1.807, 2.05) is 0 Å². The van der Waals surface area contributed by atoms with Gasteiger partial charge in [-0.3, -0.25) is 9.80 Å². The quantitative estimate of drug-likeness (QED) is 0.849. The second kappa shape index (κ2) is 6.21. The first-order chi connectivity index (χ1) is 10.8. The third-order valence-electron chi connectivity index (χ3n) is 5.93. The molecule has 3 aliphatic rings. The van der Waals surface area contributed by atoms with Crippen LogP contribution in [0, 0.1) is 5.41 Å². The van der Waals surface area contributed by atoms with Crippen molar-refractivity contribution < 1.29 is 0 Å². The van der Waals surface area contributed by atoms with Gasteiger partial charge in [0.15, 0.2) is 0 Å². The number of hydrogen-bond donors (Lipinski definition) is 0. The SMILES string of the molecule is c1ccc(N2CCN(CN3CC4(CCCCC4)C3)CC2)cc1. The fourth-order valence-electron chi connectivity index (χ4n) is 4.69. The van der Waals surface area contributed by atoms with Crippen LogP contribution in [0.5, 0.6) is 0 Å². The van der Waals surface area contributed by atoms with E-state index in [2.05, 4.69) is 45.0 Å². The van der Waals surface area contributed by atoms with Crippen molar-refractivity contribution in [2.75, 3.05) is 50.8 Å². The number of benzene rings is 1. The molecule has 4 rings (SSSR count). The number of anilines is 1. The molecule has 1 saturated carbocycles. The predicted molar refractivity (Wildman–Crippen MR) is 92.2 cm³/mol. The van der Waals surface area contributed by atoms with Crippen LogP contribution in [0.2, 0.25) is 0 Å². The zero-order valence-electron chi connectivity index (χ0n) is 13.7. The second-order valence-electron chi connectivity index (χ2n) is 7.63. The van der Waals surface area contributed by atoms with Gasteiger partial charge in [-0.15, -0.1) is 0 Å². The number of nitrogens with zero attached hydrogens (tertiary/aromatic N) is 3. The van der Waals surface area contributed by atoms with Gasteiger partial charge in [-0.05, 0) is 30.4 Å². The van der Waals surface area contributed by atoms with Crippen LogP contribution >= 0.6 is 0 Å². The van der Waals surface area contributed by atoms with Crippen molar-refractivity contribution in [2.45, 2.75) is 32.1 Å². The van der Waals surface area contributed by atoms with Crippen LogP contribution in [0.3, 0.4) is 0 Å². The summed E-state index contributed by atoms with van der Waals surface area (Å²) >= 11 is 0. The molecule has 0 amide bonds. The molecule has 120 valence electrons. The van der Waals surface area contributed by atoms with Gasteiger partial charge in [0, 0.05) is 45.0 Å². The number of para-hydroxylation sites is 1. The molecule has 1 spiro atoms. The average molecular weight is 299 g/mol. The molecule has 0 N–H and O–H groups in total. The van der Waals surface area contributed by atoms with E-state index in [1.165, 1.54) is 83.7 Å². The third-order valence-corrected chi connectivity index (χ3v) is 5.93. The topological polar surface area (TPSA) is 9.72 Å². The van der Waals surface area contributed by atoms with Gasteiger partial charge in [0.1, 0.15) is 0 Å². The van der Waals surface area contributed by atoms with Crippen LogP contribution in [0.1, 0.15) is 32.1 Å². The number of piperazine rings is 1. The molecule has 0 bridgehead atoms. The van der Waals surface area contributed by atoms with Gasteiger partial charge in [0.25, 0.3) is 0 Å². The van der Waals surface area contributed by atoms with E-state index < -0.39 is 0 Å². The van der Waals surface area contributed by atoms with Crippen molar-refractivity contribution in [1.82, 2.24) is 9.80 Å². The highest BCUT2D eigenvalue weighted by Crippen LogP contribution is 2.43. The molecule has 1 aromatic carbocycles. The fourth-order valence-corrected chi connectivity index (χ4v) is 4.69. The van der Waals surface area contributed by atoms with Crippen molar-refractivity contribution >= 4 is 5.69 Å². The number of rotatable bonds is 3. The van der Waals surface area contributed by atoms with Crippen LogP contribution in [-0.2, 0) is 0 Å². The Morgan fingerprint density at radius 2 is 1.45 bits per heavy atom. The van der Waals surface area contributed by atoms with Crippen molar-refractivity contribution in [3.8, 4) is 0 Å². The Labute approximate surface area is 134 Å². The number of likely N-dealkylation sites (tertiary alicyclic amines) is 1. The average Bonchev–Trinajstić information content (AvgIpc) is 2.56. The molecule has 1 aromatic rings. The van der Waals surface area contributed by atoms with Crippen LogP contribution < -0.4 is 4.90 Å². The zero-order chi connectivity index (χ0) is 14.8. The Kier molecular flexibility index (Phi) is 4.10. The minimum atomic E-state index is 0.726. The lowest BCUT2D eigenvalue weighted by atomic mass is 9.69. The molecule has 0 aromatic heterocycles. The van der Waals surface area contributed by atoms with E-state index in [1.54, 1.807) is 0 Å². The zero-order valence-corrected chi connectivity index (χ0v) is 13.7. The van der Waals surface area contributed by atoms with E-state index in [0.29, 0.717) is 0 Å². The fraction of sp³-hybridized carbons (Fsp3) is 0.684. The largest absolute Gasteiger partial charge is 0.369 e. The van der Waals surface area contributed by atoms with Crippen molar-refractivity contribution in [3.63, 3.8) is 0 Å². The first kappa shape index (κ1) is 14.5. The van der Waals surface area contributed by atoms with E-state index in [0.717, 1.165) is 5.41 Å². The Morgan fingerprint density at radius 3 is 2.14 bits per heavy atom. The summed E-state index contributed by atoms with van der Waals surface area (Å²) in [4.78, 5) is 7.86. The smallest absolute Gasteiger partial charge is 0.0508 e. The lowest BCUT2D eigenvalue weighted by molar-refractivity contribution is -0.0581. The first-order valence-electron chi connectivity index (χ1n) is 9.08. The molecule has 3 fully saturated rings. The molecule has 2 saturated heterocycles. The van der Waals surface area contributed by atoms with Gasteiger partial charge in [-0.25, -0.2) is 0 Å². The van der Waals surface area contributed by atoms with Crippen molar-refractivity contribution in [1.29, 1.82) is 0 Å². The lowest BCUT2D eigenvalue weighted by Gasteiger charge is -2.54. The molecule has 3 heteroatoms. The Hall–Kier alpha value is -1.06. The van der Waals surface area contributed by atoms with Gasteiger partial charge >= 0.3 is 0 Å². The van der Waals surface area contributed by atoms with E-state index in [4.69, 9.17) is 0 Å². The second-order valence-corrected chi connectivity index (χ2v) is 7.63. The molecular weight excluding hydrogens is 270 g/mol. The van der Waals surface area contributed by atoms with Gasteiger partial charge in [-0.1, -0.05) is 37.5 Å². The Balaban J connectivity index is 1.22. The standard InChI is InChI=1S/C19H29N3/c1-3-7-18(8-4-1)22-13-11-20(12-14-22)17-21-15-19(16-21)9-5-2-6-10-19/h1,3-4,7-8H,2,5-6,9-17H2. The Bertz CT molecular complexity index is 465. The highest BCUT2D eigenvalue weighted by Gasteiger charge is 2.43. The molecule has 2 aliphatic heterocycles. The third kappa shape index (κ3) is 3.02. The van der Waals surface area contributed by atoms with E-state index in [9.17, 15) is 0 Å². The summed E-state index contributed by atoms with van der Waals surface area (Å²) in [6, 6.07) is 10.9. The molecular formula is C19H29N3. The summed E-state index contributed by atoms with van der Waals surface area (Å²) in [6.45, 7) is 8.69. The van der Waals surface area contributed by atoms with Gasteiger partial charge < -0.3 is 4.90 Å². The summed E-state index contributed by atoms with van der Waals surface area (Å²) in [5, 5.41) is 0. The molecule has 3 nitrogen and oxygen atoms in total.